The van der Waals surface area contributed by atoms with Crippen molar-refractivity contribution >= 4 is 33.4 Å². The number of rotatable bonds is 5. The molecule has 3 N–H and O–H groups in total. The largest absolute Gasteiger partial charge is 0.461 e. The number of benzene rings is 1. The highest BCUT2D eigenvalue weighted by Gasteiger charge is 2.30. The maximum absolute atomic E-state index is 11.6. The van der Waals surface area contributed by atoms with Gasteiger partial charge in [-0.3, -0.25) is 4.98 Å². The Morgan fingerprint density at radius 1 is 1.15 bits per heavy atom. The Balaban J connectivity index is 1.49. The third kappa shape index (κ3) is 4.28. The number of fused-ring (bicyclic) bond motifs is 1. The zero-order valence-corrected chi connectivity index (χ0v) is 20.0. The highest BCUT2D eigenvalue weighted by Crippen LogP contribution is 2.40. The lowest BCUT2D eigenvalue weighted by molar-refractivity contribution is -0.154. The van der Waals surface area contributed by atoms with Gasteiger partial charge in [0.05, 0.1) is 22.1 Å². The summed E-state index contributed by atoms with van der Waals surface area (Å²) in [5.74, 6) is -0.0694. The van der Waals surface area contributed by atoms with Gasteiger partial charge in [0.15, 0.2) is 5.65 Å². The zero-order chi connectivity index (χ0) is 23.7. The third-order valence-electron chi connectivity index (χ3n) is 6.23. The molecule has 3 heterocycles. The molecule has 1 aromatic carbocycles. The molecule has 9 heteroatoms. The normalized spacial score (nSPS) is 18.2. The number of hydrogen-bond acceptors (Lipinski definition) is 7. The first-order valence-electron chi connectivity index (χ1n) is 11.2. The van der Waals surface area contributed by atoms with E-state index in [4.69, 9.17) is 20.6 Å². The lowest BCUT2D eigenvalue weighted by Crippen LogP contribution is -2.26. The SMILES string of the molecule is Nc1c(Br)c([C@@H]2CCC[C@H](OC(=O)CO)C2)nc2c(-c3ccc(-c4ccccc4)nc3)cnn12. The van der Waals surface area contributed by atoms with Crippen molar-refractivity contribution < 1.29 is 14.6 Å². The van der Waals surface area contributed by atoms with Crippen LogP contribution in [-0.2, 0) is 9.53 Å². The summed E-state index contributed by atoms with van der Waals surface area (Å²) in [5.41, 5.74) is 11.6. The number of hydrogen-bond donors (Lipinski definition) is 2. The van der Waals surface area contributed by atoms with E-state index in [0.29, 0.717) is 22.4 Å². The fourth-order valence-corrected chi connectivity index (χ4v) is 5.12. The van der Waals surface area contributed by atoms with Gasteiger partial charge < -0.3 is 15.6 Å². The van der Waals surface area contributed by atoms with Gasteiger partial charge in [-0.2, -0.15) is 9.61 Å². The molecule has 3 aromatic heterocycles. The molecule has 1 aliphatic carbocycles. The Bertz CT molecular complexity index is 1320. The van der Waals surface area contributed by atoms with Gasteiger partial charge in [0.2, 0.25) is 0 Å². The van der Waals surface area contributed by atoms with Crippen LogP contribution in [-0.4, -0.2) is 43.4 Å². The van der Waals surface area contributed by atoms with E-state index in [2.05, 4.69) is 26.0 Å². The number of aliphatic hydroxyl groups is 1. The number of aliphatic hydroxyl groups excluding tert-OH is 1. The molecular formula is C25H24BrN5O3. The zero-order valence-electron chi connectivity index (χ0n) is 18.4. The van der Waals surface area contributed by atoms with E-state index in [1.807, 2.05) is 48.7 Å². The first kappa shape index (κ1) is 22.5. The van der Waals surface area contributed by atoms with Crippen LogP contribution in [0.5, 0.6) is 0 Å². The monoisotopic (exact) mass is 521 g/mol. The molecule has 4 aromatic rings. The van der Waals surface area contributed by atoms with Crippen LogP contribution >= 0.6 is 15.9 Å². The van der Waals surface area contributed by atoms with E-state index in [0.717, 1.165) is 47.3 Å². The molecule has 5 rings (SSSR count). The van der Waals surface area contributed by atoms with Gasteiger partial charge in [0.25, 0.3) is 0 Å². The minimum atomic E-state index is -0.613. The van der Waals surface area contributed by atoms with Crippen LogP contribution in [0.1, 0.15) is 37.3 Å². The molecule has 0 unspecified atom stereocenters. The van der Waals surface area contributed by atoms with Gasteiger partial charge in [0, 0.05) is 28.8 Å². The van der Waals surface area contributed by atoms with E-state index in [-0.39, 0.29) is 12.0 Å². The second kappa shape index (κ2) is 9.52. The van der Waals surface area contributed by atoms with Gasteiger partial charge in [-0.25, -0.2) is 9.78 Å². The molecule has 1 saturated carbocycles. The fraction of sp³-hybridized carbons (Fsp3) is 0.280. The number of nitrogens with two attached hydrogens (primary N) is 1. The number of halogens is 1. The number of nitrogen functional groups attached to an aromatic ring is 1. The molecule has 174 valence electrons. The van der Waals surface area contributed by atoms with E-state index < -0.39 is 12.6 Å². The van der Waals surface area contributed by atoms with Gasteiger partial charge in [-0.05, 0) is 47.7 Å². The van der Waals surface area contributed by atoms with Crippen LogP contribution in [0, 0.1) is 0 Å². The van der Waals surface area contributed by atoms with E-state index in [1.54, 1.807) is 10.7 Å². The molecule has 0 spiro atoms. The number of anilines is 1. The van der Waals surface area contributed by atoms with Crippen molar-refractivity contribution in [2.75, 3.05) is 12.3 Å². The lowest BCUT2D eigenvalue weighted by atomic mass is 9.85. The van der Waals surface area contributed by atoms with Crippen molar-refractivity contribution in [3.63, 3.8) is 0 Å². The summed E-state index contributed by atoms with van der Waals surface area (Å²) in [5, 5.41) is 13.5. The maximum atomic E-state index is 11.6. The van der Waals surface area contributed by atoms with Gasteiger partial charge in [0.1, 0.15) is 18.5 Å². The molecule has 0 radical (unpaired) electrons. The molecule has 0 bridgehead atoms. The number of ether oxygens (including phenoxy) is 1. The van der Waals surface area contributed by atoms with E-state index >= 15 is 0 Å². The molecular weight excluding hydrogens is 498 g/mol. The average molecular weight is 522 g/mol. The Morgan fingerprint density at radius 2 is 1.97 bits per heavy atom. The first-order chi connectivity index (χ1) is 16.5. The Morgan fingerprint density at radius 3 is 2.71 bits per heavy atom. The number of esters is 1. The summed E-state index contributed by atoms with van der Waals surface area (Å²) < 4.78 is 7.71. The summed E-state index contributed by atoms with van der Waals surface area (Å²) in [6, 6.07) is 14.0. The number of aromatic nitrogens is 4. The lowest BCUT2D eigenvalue weighted by Gasteiger charge is -2.29. The molecule has 1 fully saturated rings. The highest BCUT2D eigenvalue weighted by atomic mass is 79.9. The van der Waals surface area contributed by atoms with E-state index in [1.165, 1.54) is 0 Å². The number of nitrogens with zero attached hydrogens (tertiary/aromatic N) is 4. The topological polar surface area (TPSA) is 116 Å². The van der Waals surface area contributed by atoms with Crippen molar-refractivity contribution in [3.05, 3.63) is 65.0 Å². The maximum Gasteiger partial charge on any atom is 0.332 e. The van der Waals surface area contributed by atoms with Crippen LogP contribution in [0.25, 0.3) is 28.0 Å². The first-order valence-corrected chi connectivity index (χ1v) is 12.0. The summed E-state index contributed by atoms with van der Waals surface area (Å²) in [6.07, 6.45) is 6.53. The minimum absolute atomic E-state index is 0.0632. The highest BCUT2D eigenvalue weighted by molar-refractivity contribution is 9.10. The third-order valence-corrected chi connectivity index (χ3v) is 7.04. The fourth-order valence-electron chi connectivity index (χ4n) is 4.54. The predicted octanol–water partition coefficient (Wildman–Crippen LogP) is 4.36. The molecule has 0 aliphatic heterocycles. The molecule has 8 nitrogen and oxygen atoms in total. The van der Waals surface area contributed by atoms with Gasteiger partial charge in [-0.1, -0.05) is 36.4 Å². The van der Waals surface area contributed by atoms with Crippen LogP contribution in [0.2, 0.25) is 0 Å². The van der Waals surface area contributed by atoms with Crippen LogP contribution in [0.3, 0.4) is 0 Å². The van der Waals surface area contributed by atoms with Crippen LogP contribution in [0.15, 0.2) is 59.3 Å². The van der Waals surface area contributed by atoms with Gasteiger partial charge in [-0.15, -0.1) is 0 Å². The van der Waals surface area contributed by atoms with E-state index in [9.17, 15) is 4.79 Å². The summed E-state index contributed by atoms with van der Waals surface area (Å²) in [4.78, 5) is 21.2. The van der Waals surface area contributed by atoms with Crippen molar-refractivity contribution in [1.82, 2.24) is 19.6 Å². The second-order valence-electron chi connectivity index (χ2n) is 8.42. The van der Waals surface area contributed by atoms with Crippen molar-refractivity contribution in [2.24, 2.45) is 0 Å². The molecule has 1 aliphatic rings. The minimum Gasteiger partial charge on any atom is -0.461 e. The number of carbonyl (C=O) groups excluding carboxylic acids is 1. The quantitative estimate of drug-likeness (QED) is 0.374. The van der Waals surface area contributed by atoms with Crippen molar-refractivity contribution in [1.29, 1.82) is 0 Å². The van der Waals surface area contributed by atoms with Crippen molar-refractivity contribution in [2.45, 2.75) is 37.7 Å². The van der Waals surface area contributed by atoms with Crippen molar-refractivity contribution in [3.8, 4) is 22.4 Å². The Hall–Kier alpha value is -3.30. The number of carbonyl (C=O) groups is 1. The van der Waals surface area contributed by atoms with Gasteiger partial charge >= 0.3 is 5.97 Å². The molecule has 0 amide bonds. The molecule has 34 heavy (non-hydrogen) atoms. The molecule has 0 saturated heterocycles. The summed E-state index contributed by atoms with van der Waals surface area (Å²) in [6.45, 7) is -0.613. The van der Waals surface area contributed by atoms with Crippen LogP contribution < -0.4 is 5.73 Å². The summed E-state index contributed by atoms with van der Waals surface area (Å²) >= 11 is 3.61. The predicted molar refractivity (Wildman–Crippen MR) is 132 cm³/mol. The number of pyridine rings is 1. The van der Waals surface area contributed by atoms with Crippen LogP contribution in [0.4, 0.5) is 5.82 Å². The Kier molecular flexibility index (Phi) is 6.30. The molecule has 2 atom stereocenters. The summed E-state index contributed by atoms with van der Waals surface area (Å²) in [7, 11) is 0. The standard InChI is InChI=1S/C25H24BrN5O3/c26-22-23(16-7-4-8-18(11-16)34-21(33)14-32)30-25-19(13-29-31(25)24(22)27)17-9-10-20(28-12-17)15-5-2-1-3-6-15/h1-3,5-6,9-10,12-13,16,18,32H,4,7-8,11,14,27H2/t16-,18+/m1/s1. The smallest absolute Gasteiger partial charge is 0.332 e. The second-order valence-corrected chi connectivity index (χ2v) is 9.21. The Labute approximate surface area is 204 Å². The average Bonchev–Trinajstić information content (AvgIpc) is 3.31.